The Balaban J connectivity index is 1.74. The molecular weight excluding hydrogens is 495 g/mol. The highest BCUT2D eigenvalue weighted by molar-refractivity contribution is 6.23. The van der Waals surface area contributed by atoms with Crippen molar-refractivity contribution in [3.05, 3.63) is 102 Å². The molecule has 5 rings (SSSR count). The van der Waals surface area contributed by atoms with Crippen LogP contribution in [0, 0.1) is 0 Å². The summed E-state index contributed by atoms with van der Waals surface area (Å²) < 4.78 is 41.1. The predicted octanol–water partition coefficient (Wildman–Crippen LogP) is 6.29. The molecule has 0 spiro atoms. The minimum atomic E-state index is -4.65. The van der Waals surface area contributed by atoms with Crippen molar-refractivity contribution < 1.29 is 27.9 Å². The number of amides is 2. The van der Waals surface area contributed by atoms with Gasteiger partial charge in [0.2, 0.25) is 11.8 Å². The maximum Gasteiger partial charge on any atom is 0.416 e. The zero-order valence-electron chi connectivity index (χ0n) is 20.2. The molecule has 1 unspecified atom stereocenters. The van der Waals surface area contributed by atoms with Gasteiger partial charge in [-0.3, -0.25) is 19.5 Å². The molecule has 0 radical (unpaired) electrons. The third-order valence-corrected chi connectivity index (χ3v) is 6.47. The fraction of sp³-hybridized carbons (Fsp3) is 0.138. The lowest BCUT2D eigenvalue weighted by atomic mass is 9.92. The predicted molar refractivity (Wildman–Crippen MR) is 137 cm³/mol. The molecule has 2 heterocycles. The number of fused-ring (bicyclic) bond motifs is 1. The molecule has 1 aliphatic rings. The third kappa shape index (κ3) is 4.36. The first kappa shape index (κ1) is 25.0. The zero-order valence-corrected chi connectivity index (χ0v) is 20.2. The number of aromatic hydroxyl groups is 1. The summed E-state index contributed by atoms with van der Waals surface area (Å²) in [5, 5.41) is 10.5. The number of aromatic nitrogens is 1. The summed E-state index contributed by atoms with van der Waals surface area (Å²) in [5.74, 6) is -2.74. The molecule has 3 aromatic carbocycles. The molecule has 1 atom stereocenters. The van der Waals surface area contributed by atoms with E-state index in [1.165, 1.54) is 28.0 Å². The molecule has 9 heteroatoms. The molecule has 2 amide bonds. The first-order valence-electron chi connectivity index (χ1n) is 11.9. The molecule has 0 aliphatic carbocycles. The number of hydrogen-bond acceptors (Lipinski definition) is 4. The minimum Gasteiger partial charge on any atom is -0.507 e. The number of likely N-dealkylation sites (N-methyl/N-ethyl adjacent to an activating group) is 1. The minimum absolute atomic E-state index is 0.0417. The Morgan fingerprint density at radius 3 is 2.32 bits per heavy atom. The Labute approximate surface area is 216 Å². The number of phenolic OH excluding ortho intramolecular Hbond substituents is 1. The van der Waals surface area contributed by atoms with Gasteiger partial charge in [0.25, 0.3) is 0 Å². The smallest absolute Gasteiger partial charge is 0.416 e. The Kier molecular flexibility index (Phi) is 6.36. The SMILES string of the molecule is CCN1C(=O)C(c2ccc(O)c(-c3cccnc3)c2)C(=O)N(c2ccccc2)c2cc(C(F)(F)F)ccc21. The number of rotatable bonds is 4. The maximum atomic E-state index is 14.2. The van der Waals surface area contributed by atoms with Crippen molar-refractivity contribution in [2.75, 3.05) is 16.3 Å². The molecule has 1 aromatic heterocycles. The number of phenols is 1. The standard InChI is InChI=1S/C29H22F3N3O3/c1-2-34-23-12-11-20(29(30,31)32)16-24(23)35(21-8-4-3-5-9-21)28(38)26(27(34)37)18-10-13-25(36)22(15-18)19-7-6-14-33-17-19/h3-17,26,36H,2H2,1H3. The molecule has 0 bridgehead atoms. The zero-order chi connectivity index (χ0) is 27.0. The van der Waals surface area contributed by atoms with Crippen molar-refractivity contribution >= 4 is 28.9 Å². The topological polar surface area (TPSA) is 73.7 Å². The maximum absolute atomic E-state index is 14.2. The average Bonchev–Trinajstić information content (AvgIpc) is 3.00. The number of nitrogens with zero attached hydrogens (tertiary/aromatic N) is 3. The normalized spacial score (nSPS) is 15.8. The van der Waals surface area contributed by atoms with Crippen LogP contribution in [0.3, 0.4) is 0 Å². The van der Waals surface area contributed by atoms with Gasteiger partial charge >= 0.3 is 6.18 Å². The monoisotopic (exact) mass is 517 g/mol. The summed E-state index contributed by atoms with van der Waals surface area (Å²) >= 11 is 0. The van der Waals surface area contributed by atoms with E-state index in [1.807, 2.05) is 0 Å². The highest BCUT2D eigenvalue weighted by Crippen LogP contribution is 2.45. The summed E-state index contributed by atoms with van der Waals surface area (Å²) in [6.45, 7) is 1.81. The van der Waals surface area contributed by atoms with E-state index >= 15 is 0 Å². The number of para-hydroxylation sites is 1. The van der Waals surface area contributed by atoms with Crippen LogP contribution < -0.4 is 9.80 Å². The van der Waals surface area contributed by atoms with Crippen LogP contribution in [0.2, 0.25) is 0 Å². The molecule has 192 valence electrons. The lowest BCUT2D eigenvalue weighted by Crippen LogP contribution is -2.39. The van der Waals surface area contributed by atoms with E-state index in [2.05, 4.69) is 4.98 Å². The number of pyridine rings is 1. The quantitative estimate of drug-likeness (QED) is 0.323. The van der Waals surface area contributed by atoms with E-state index in [4.69, 9.17) is 0 Å². The first-order chi connectivity index (χ1) is 18.2. The van der Waals surface area contributed by atoms with E-state index in [0.717, 1.165) is 12.1 Å². The number of carbonyl (C=O) groups excluding carboxylic acids is 2. The van der Waals surface area contributed by atoms with E-state index in [0.29, 0.717) is 22.4 Å². The van der Waals surface area contributed by atoms with Crippen molar-refractivity contribution in [1.82, 2.24) is 4.98 Å². The number of benzene rings is 3. The van der Waals surface area contributed by atoms with Crippen molar-refractivity contribution in [3.63, 3.8) is 0 Å². The summed E-state index contributed by atoms with van der Waals surface area (Å²) in [6, 6.07) is 19.1. The van der Waals surface area contributed by atoms with Gasteiger partial charge in [-0.25, -0.2) is 0 Å². The van der Waals surface area contributed by atoms with Crippen LogP contribution in [0.25, 0.3) is 11.1 Å². The van der Waals surface area contributed by atoms with E-state index in [-0.39, 0.29) is 23.7 Å². The average molecular weight is 518 g/mol. The second-order valence-electron chi connectivity index (χ2n) is 8.74. The largest absolute Gasteiger partial charge is 0.507 e. The molecule has 38 heavy (non-hydrogen) atoms. The second-order valence-corrected chi connectivity index (χ2v) is 8.74. The Bertz CT molecular complexity index is 1510. The van der Waals surface area contributed by atoms with Gasteiger partial charge in [-0.2, -0.15) is 13.2 Å². The van der Waals surface area contributed by atoms with E-state index in [1.54, 1.807) is 67.8 Å². The van der Waals surface area contributed by atoms with Gasteiger partial charge in [0.15, 0.2) is 0 Å². The van der Waals surface area contributed by atoms with Gasteiger partial charge < -0.3 is 10.0 Å². The number of halogens is 3. The van der Waals surface area contributed by atoms with E-state index in [9.17, 15) is 27.9 Å². The molecule has 6 nitrogen and oxygen atoms in total. The van der Waals surface area contributed by atoms with Crippen LogP contribution in [0.15, 0.2) is 91.3 Å². The van der Waals surface area contributed by atoms with Crippen molar-refractivity contribution in [1.29, 1.82) is 0 Å². The Morgan fingerprint density at radius 1 is 0.895 bits per heavy atom. The summed E-state index contributed by atoms with van der Waals surface area (Å²) in [5.41, 5.74) is 0.768. The molecular formula is C29H22F3N3O3. The Morgan fingerprint density at radius 2 is 1.66 bits per heavy atom. The van der Waals surface area contributed by atoms with Crippen LogP contribution in [-0.4, -0.2) is 28.4 Å². The van der Waals surface area contributed by atoms with Gasteiger partial charge in [0.1, 0.15) is 11.7 Å². The lowest BCUT2D eigenvalue weighted by molar-refractivity contribution is -0.137. The molecule has 1 N–H and O–H groups in total. The second kappa shape index (κ2) is 9.66. The molecule has 4 aromatic rings. The highest BCUT2D eigenvalue weighted by Gasteiger charge is 2.43. The van der Waals surface area contributed by atoms with Crippen LogP contribution in [0.4, 0.5) is 30.2 Å². The number of anilines is 3. The summed E-state index contributed by atoms with van der Waals surface area (Å²) in [4.78, 5) is 34.7. The molecule has 0 fully saturated rings. The van der Waals surface area contributed by atoms with Crippen molar-refractivity contribution in [2.24, 2.45) is 0 Å². The third-order valence-electron chi connectivity index (χ3n) is 6.47. The molecule has 0 saturated heterocycles. The van der Waals surface area contributed by atoms with Crippen LogP contribution >= 0.6 is 0 Å². The summed E-state index contributed by atoms with van der Waals surface area (Å²) in [7, 11) is 0. The number of carbonyl (C=O) groups is 2. The van der Waals surface area contributed by atoms with Gasteiger partial charge in [-0.15, -0.1) is 0 Å². The van der Waals surface area contributed by atoms with Crippen molar-refractivity contribution in [2.45, 2.75) is 19.0 Å². The van der Waals surface area contributed by atoms with E-state index < -0.39 is 29.5 Å². The summed E-state index contributed by atoms with van der Waals surface area (Å²) in [6.07, 6.45) is -1.53. The first-order valence-corrected chi connectivity index (χ1v) is 11.9. The van der Waals surface area contributed by atoms with Gasteiger partial charge in [-0.05, 0) is 61.0 Å². The molecule has 1 aliphatic heterocycles. The van der Waals surface area contributed by atoms with Crippen molar-refractivity contribution in [3.8, 4) is 16.9 Å². The lowest BCUT2D eigenvalue weighted by Gasteiger charge is -2.26. The van der Waals surface area contributed by atoms with Gasteiger partial charge in [0, 0.05) is 35.8 Å². The van der Waals surface area contributed by atoms with Crippen LogP contribution in [0.1, 0.15) is 24.0 Å². The van der Waals surface area contributed by atoms with Crippen LogP contribution in [-0.2, 0) is 15.8 Å². The fourth-order valence-electron chi connectivity index (χ4n) is 4.68. The van der Waals surface area contributed by atoms with Gasteiger partial charge in [0.05, 0.1) is 16.9 Å². The van der Waals surface area contributed by atoms with Crippen LogP contribution in [0.5, 0.6) is 5.75 Å². The fourth-order valence-corrected chi connectivity index (χ4v) is 4.68. The molecule has 0 saturated carbocycles. The number of alkyl halides is 3. The van der Waals surface area contributed by atoms with Gasteiger partial charge in [-0.1, -0.05) is 30.3 Å². The number of hydrogen-bond donors (Lipinski definition) is 1. The highest BCUT2D eigenvalue weighted by atomic mass is 19.4. The Hall–Kier alpha value is -4.66.